The van der Waals surface area contributed by atoms with Crippen LogP contribution in [0, 0.1) is 23.2 Å². The predicted octanol–water partition coefficient (Wildman–Crippen LogP) is 3.05. The molecule has 0 heterocycles. The lowest BCUT2D eigenvalue weighted by molar-refractivity contribution is 0.0453. The lowest BCUT2D eigenvalue weighted by Gasteiger charge is -2.46. The van der Waals surface area contributed by atoms with Gasteiger partial charge in [0, 0.05) is 0 Å². The molecule has 0 saturated heterocycles. The third-order valence-electron chi connectivity index (χ3n) is 4.11. The topological polar surface area (TPSA) is 27.0 Å². The molecular formula is C13H24N2. The maximum atomic E-state index is 9.54. The summed E-state index contributed by atoms with van der Waals surface area (Å²) in [5, 5.41) is 9.54. The van der Waals surface area contributed by atoms with Gasteiger partial charge < -0.3 is 0 Å². The van der Waals surface area contributed by atoms with E-state index in [-0.39, 0.29) is 5.54 Å². The van der Waals surface area contributed by atoms with E-state index in [2.05, 4.69) is 38.7 Å². The fourth-order valence-corrected chi connectivity index (χ4v) is 3.12. The Bertz CT molecular complexity index is 239. The quantitative estimate of drug-likeness (QED) is 0.713. The van der Waals surface area contributed by atoms with E-state index in [0.29, 0.717) is 5.92 Å². The molecule has 0 spiro atoms. The smallest absolute Gasteiger partial charge is 0.111 e. The highest BCUT2D eigenvalue weighted by Gasteiger charge is 2.43. The molecule has 0 amide bonds. The summed E-state index contributed by atoms with van der Waals surface area (Å²) >= 11 is 0. The minimum Gasteiger partial charge on any atom is -0.286 e. The van der Waals surface area contributed by atoms with E-state index in [1.165, 1.54) is 12.8 Å². The average molecular weight is 208 g/mol. The van der Waals surface area contributed by atoms with Gasteiger partial charge in [0.2, 0.25) is 0 Å². The predicted molar refractivity (Wildman–Crippen MR) is 63.4 cm³/mol. The van der Waals surface area contributed by atoms with Gasteiger partial charge in [-0.25, -0.2) is 0 Å². The van der Waals surface area contributed by atoms with E-state index in [1.54, 1.807) is 0 Å². The van der Waals surface area contributed by atoms with Gasteiger partial charge in [-0.05, 0) is 44.2 Å². The van der Waals surface area contributed by atoms with Crippen LogP contribution in [0.25, 0.3) is 0 Å². The molecule has 0 bridgehead atoms. The Labute approximate surface area is 94.3 Å². The zero-order valence-corrected chi connectivity index (χ0v) is 10.6. The Morgan fingerprint density at radius 2 is 1.93 bits per heavy atom. The molecule has 2 nitrogen and oxygen atoms in total. The monoisotopic (exact) mass is 208 g/mol. The summed E-state index contributed by atoms with van der Waals surface area (Å²) in [5.41, 5.74) is -0.185. The fourth-order valence-electron chi connectivity index (χ4n) is 3.12. The van der Waals surface area contributed by atoms with Crippen molar-refractivity contribution in [2.45, 2.75) is 52.5 Å². The van der Waals surface area contributed by atoms with E-state index >= 15 is 0 Å². The van der Waals surface area contributed by atoms with Crippen molar-refractivity contribution in [3.63, 3.8) is 0 Å². The molecule has 0 aromatic rings. The number of hydrogen-bond donors (Lipinski definition) is 0. The highest BCUT2D eigenvalue weighted by atomic mass is 15.2. The van der Waals surface area contributed by atoms with Crippen molar-refractivity contribution in [1.29, 1.82) is 5.26 Å². The van der Waals surface area contributed by atoms with E-state index in [0.717, 1.165) is 25.4 Å². The number of rotatable bonds is 3. The van der Waals surface area contributed by atoms with Crippen molar-refractivity contribution in [1.82, 2.24) is 4.90 Å². The first-order chi connectivity index (χ1) is 7.10. The second-order valence-corrected chi connectivity index (χ2v) is 4.99. The van der Waals surface area contributed by atoms with Crippen LogP contribution >= 0.6 is 0 Å². The Hall–Kier alpha value is -0.550. The Morgan fingerprint density at radius 3 is 2.33 bits per heavy atom. The standard InChI is InChI=1S/C13H24N2/c1-5-15(6-2)13(10-14)8-7-11(3)9-12(13)4/h11-12H,5-9H2,1-4H3. The largest absolute Gasteiger partial charge is 0.286 e. The van der Waals surface area contributed by atoms with Crippen molar-refractivity contribution >= 4 is 0 Å². The third-order valence-corrected chi connectivity index (χ3v) is 4.11. The number of nitrogens with zero attached hydrogens (tertiary/aromatic N) is 2. The second kappa shape index (κ2) is 4.99. The summed E-state index contributed by atoms with van der Waals surface area (Å²) in [4.78, 5) is 2.35. The SMILES string of the molecule is CCN(CC)C1(C#N)CCC(C)CC1C. The van der Waals surface area contributed by atoms with Gasteiger partial charge in [-0.2, -0.15) is 5.26 Å². The molecule has 0 aliphatic heterocycles. The molecule has 3 atom stereocenters. The molecule has 0 aromatic carbocycles. The van der Waals surface area contributed by atoms with E-state index in [9.17, 15) is 5.26 Å². The average Bonchev–Trinajstić information content (AvgIpc) is 2.23. The molecule has 1 fully saturated rings. The zero-order chi connectivity index (χ0) is 11.5. The van der Waals surface area contributed by atoms with Crippen molar-refractivity contribution in [2.75, 3.05) is 13.1 Å². The van der Waals surface area contributed by atoms with Crippen LogP contribution in [0.4, 0.5) is 0 Å². The number of hydrogen-bond acceptors (Lipinski definition) is 2. The minimum atomic E-state index is -0.185. The molecule has 1 aliphatic rings. The van der Waals surface area contributed by atoms with Crippen LogP contribution in [0.2, 0.25) is 0 Å². The summed E-state index contributed by atoms with van der Waals surface area (Å²) in [7, 11) is 0. The maximum Gasteiger partial charge on any atom is 0.111 e. The molecule has 3 unspecified atom stereocenters. The van der Waals surface area contributed by atoms with Crippen molar-refractivity contribution in [3.8, 4) is 6.07 Å². The van der Waals surface area contributed by atoms with Crippen LogP contribution in [-0.2, 0) is 0 Å². The highest BCUT2D eigenvalue weighted by Crippen LogP contribution is 2.40. The summed E-state index contributed by atoms with van der Waals surface area (Å²) < 4.78 is 0. The molecule has 15 heavy (non-hydrogen) atoms. The normalized spacial score (nSPS) is 36.5. The lowest BCUT2D eigenvalue weighted by atomic mass is 9.69. The van der Waals surface area contributed by atoms with Crippen LogP contribution in [0.3, 0.4) is 0 Å². The summed E-state index contributed by atoms with van der Waals surface area (Å²) in [5.74, 6) is 1.29. The van der Waals surface area contributed by atoms with Crippen molar-refractivity contribution < 1.29 is 0 Å². The zero-order valence-electron chi connectivity index (χ0n) is 10.6. The van der Waals surface area contributed by atoms with Gasteiger partial charge in [-0.3, -0.25) is 4.90 Å². The lowest BCUT2D eigenvalue weighted by Crippen LogP contribution is -2.54. The van der Waals surface area contributed by atoms with Gasteiger partial charge in [0.05, 0.1) is 6.07 Å². The number of nitriles is 1. The van der Waals surface area contributed by atoms with E-state index in [4.69, 9.17) is 0 Å². The van der Waals surface area contributed by atoms with Crippen molar-refractivity contribution in [3.05, 3.63) is 0 Å². The first kappa shape index (κ1) is 12.5. The molecule has 0 aromatic heterocycles. The molecule has 86 valence electrons. The van der Waals surface area contributed by atoms with Gasteiger partial charge >= 0.3 is 0 Å². The van der Waals surface area contributed by atoms with Crippen LogP contribution in [0.15, 0.2) is 0 Å². The Balaban J connectivity index is 2.89. The fraction of sp³-hybridized carbons (Fsp3) is 0.923. The first-order valence-electron chi connectivity index (χ1n) is 6.27. The molecule has 2 heteroatoms. The van der Waals surface area contributed by atoms with Gasteiger partial charge in [0.15, 0.2) is 0 Å². The molecule has 1 rings (SSSR count). The van der Waals surface area contributed by atoms with Crippen LogP contribution < -0.4 is 0 Å². The molecule has 0 N–H and O–H groups in total. The Morgan fingerprint density at radius 1 is 1.33 bits per heavy atom. The van der Waals surface area contributed by atoms with Gasteiger partial charge in [-0.1, -0.05) is 27.7 Å². The highest BCUT2D eigenvalue weighted by molar-refractivity contribution is 5.13. The van der Waals surface area contributed by atoms with Gasteiger partial charge in [-0.15, -0.1) is 0 Å². The van der Waals surface area contributed by atoms with Crippen molar-refractivity contribution in [2.24, 2.45) is 11.8 Å². The summed E-state index contributed by atoms with van der Waals surface area (Å²) in [6.07, 6.45) is 3.45. The summed E-state index contributed by atoms with van der Waals surface area (Å²) in [6, 6.07) is 2.62. The minimum absolute atomic E-state index is 0.185. The third kappa shape index (κ3) is 2.18. The van der Waals surface area contributed by atoms with E-state index < -0.39 is 0 Å². The Kier molecular flexibility index (Phi) is 4.16. The van der Waals surface area contributed by atoms with Crippen LogP contribution in [-0.4, -0.2) is 23.5 Å². The summed E-state index contributed by atoms with van der Waals surface area (Å²) in [6.45, 7) is 10.9. The van der Waals surface area contributed by atoms with Crippen LogP contribution in [0.5, 0.6) is 0 Å². The first-order valence-corrected chi connectivity index (χ1v) is 6.27. The molecule has 0 radical (unpaired) electrons. The molecular weight excluding hydrogens is 184 g/mol. The maximum absolute atomic E-state index is 9.54. The molecule has 1 saturated carbocycles. The van der Waals surface area contributed by atoms with Gasteiger partial charge in [0.25, 0.3) is 0 Å². The van der Waals surface area contributed by atoms with Gasteiger partial charge in [0.1, 0.15) is 5.54 Å². The van der Waals surface area contributed by atoms with E-state index in [1.807, 2.05) is 0 Å². The van der Waals surface area contributed by atoms with Crippen LogP contribution in [0.1, 0.15) is 47.0 Å². The molecule has 1 aliphatic carbocycles. The second-order valence-electron chi connectivity index (χ2n) is 4.99.